The van der Waals surface area contributed by atoms with E-state index in [4.69, 9.17) is 4.42 Å². The van der Waals surface area contributed by atoms with E-state index >= 15 is 0 Å². The molecule has 2 rings (SSSR count). The molecular weight excluding hydrogens is 202 g/mol. The molecule has 1 aromatic heterocycles. The van der Waals surface area contributed by atoms with Gasteiger partial charge in [-0.2, -0.15) is 0 Å². The number of hydrogen-bond acceptors (Lipinski definition) is 3. The normalized spacial score (nSPS) is 13.1. The number of likely N-dealkylation sites (N-methyl/N-ethyl adjacent to an activating group) is 1. The molecule has 3 heteroatoms. The standard InChI is InChI=1S/C13H17NO2/c1-2-14-8-12(9-15)10-3-4-13-11(7-10)5-6-16-13/h3-7,12,14-15H,2,8-9H2,1H3. The Labute approximate surface area is 95.1 Å². The van der Waals surface area contributed by atoms with Gasteiger partial charge < -0.3 is 14.8 Å². The Hall–Kier alpha value is -1.32. The molecule has 16 heavy (non-hydrogen) atoms. The fourth-order valence-corrected chi connectivity index (χ4v) is 1.85. The van der Waals surface area contributed by atoms with E-state index in [-0.39, 0.29) is 12.5 Å². The summed E-state index contributed by atoms with van der Waals surface area (Å²) in [7, 11) is 0. The maximum Gasteiger partial charge on any atom is 0.133 e. The van der Waals surface area contributed by atoms with E-state index in [9.17, 15) is 5.11 Å². The number of rotatable bonds is 5. The molecule has 0 aliphatic carbocycles. The van der Waals surface area contributed by atoms with Crippen LogP contribution in [0.4, 0.5) is 0 Å². The Morgan fingerprint density at radius 3 is 3.00 bits per heavy atom. The van der Waals surface area contributed by atoms with Crippen LogP contribution in [0.2, 0.25) is 0 Å². The zero-order chi connectivity index (χ0) is 11.4. The monoisotopic (exact) mass is 219 g/mol. The molecular formula is C13H17NO2. The fourth-order valence-electron chi connectivity index (χ4n) is 1.85. The van der Waals surface area contributed by atoms with Crippen molar-refractivity contribution >= 4 is 11.0 Å². The predicted octanol–water partition coefficient (Wildman–Crippen LogP) is 2.12. The molecule has 0 aliphatic rings. The van der Waals surface area contributed by atoms with E-state index in [0.717, 1.165) is 29.6 Å². The number of aliphatic hydroxyl groups is 1. The molecule has 0 saturated heterocycles. The van der Waals surface area contributed by atoms with Gasteiger partial charge in [0.15, 0.2) is 0 Å². The van der Waals surface area contributed by atoms with Gasteiger partial charge >= 0.3 is 0 Å². The first-order chi connectivity index (χ1) is 7.85. The van der Waals surface area contributed by atoms with Gasteiger partial charge in [-0.05, 0) is 30.3 Å². The Morgan fingerprint density at radius 1 is 1.38 bits per heavy atom. The second-order valence-corrected chi connectivity index (χ2v) is 3.91. The maximum absolute atomic E-state index is 9.37. The van der Waals surface area contributed by atoms with E-state index in [1.54, 1.807) is 6.26 Å². The van der Waals surface area contributed by atoms with Gasteiger partial charge in [0.05, 0.1) is 12.9 Å². The van der Waals surface area contributed by atoms with Crippen molar-refractivity contribution in [2.75, 3.05) is 19.7 Å². The number of hydrogen-bond donors (Lipinski definition) is 2. The topological polar surface area (TPSA) is 45.4 Å². The highest BCUT2D eigenvalue weighted by Gasteiger charge is 2.10. The Bertz CT molecular complexity index is 450. The summed E-state index contributed by atoms with van der Waals surface area (Å²) in [6.45, 7) is 3.95. The first-order valence-electron chi connectivity index (χ1n) is 5.64. The lowest BCUT2D eigenvalue weighted by molar-refractivity contribution is 0.262. The van der Waals surface area contributed by atoms with Gasteiger partial charge in [0.2, 0.25) is 0 Å². The summed E-state index contributed by atoms with van der Waals surface area (Å²) < 4.78 is 5.29. The van der Waals surface area contributed by atoms with E-state index in [1.807, 2.05) is 18.2 Å². The predicted molar refractivity (Wildman–Crippen MR) is 64.6 cm³/mol. The van der Waals surface area contributed by atoms with Crippen molar-refractivity contribution < 1.29 is 9.52 Å². The molecule has 0 amide bonds. The average molecular weight is 219 g/mol. The molecule has 1 unspecified atom stereocenters. The van der Waals surface area contributed by atoms with Gasteiger partial charge in [-0.15, -0.1) is 0 Å². The molecule has 0 saturated carbocycles. The molecule has 2 aromatic rings. The van der Waals surface area contributed by atoms with Crippen molar-refractivity contribution in [3.63, 3.8) is 0 Å². The third-order valence-corrected chi connectivity index (χ3v) is 2.81. The number of benzene rings is 1. The van der Waals surface area contributed by atoms with Gasteiger partial charge in [-0.3, -0.25) is 0 Å². The summed E-state index contributed by atoms with van der Waals surface area (Å²) in [6.07, 6.45) is 1.69. The van der Waals surface area contributed by atoms with Crippen LogP contribution in [0.15, 0.2) is 34.9 Å². The second kappa shape index (κ2) is 5.14. The van der Waals surface area contributed by atoms with Crippen molar-refractivity contribution in [2.24, 2.45) is 0 Å². The molecule has 86 valence electrons. The average Bonchev–Trinajstić information content (AvgIpc) is 2.77. The van der Waals surface area contributed by atoms with Crippen LogP contribution in [0.25, 0.3) is 11.0 Å². The largest absolute Gasteiger partial charge is 0.464 e. The van der Waals surface area contributed by atoms with Crippen molar-refractivity contribution in [1.82, 2.24) is 5.32 Å². The maximum atomic E-state index is 9.37. The van der Waals surface area contributed by atoms with Crippen LogP contribution in [-0.2, 0) is 0 Å². The third kappa shape index (κ3) is 2.26. The van der Waals surface area contributed by atoms with Crippen molar-refractivity contribution in [2.45, 2.75) is 12.8 Å². The second-order valence-electron chi connectivity index (χ2n) is 3.91. The van der Waals surface area contributed by atoms with E-state index < -0.39 is 0 Å². The van der Waals surface area contributed by atoms with Crippen LogP contribution in [-0.4, -0.2) is 24.8 Å². The van der Waals surface area contributed by atoms with Crippen LogP contribution >= 0.6 is 0 Å². The minimum atomic E-state index is 0.152. The van der Waals surface area contributed by atoms with E-state index in [2.05, 4.69) is 18.3 Å². The van der Waals surface area contributed by atoms with Crippen molar-refractivity contribution in [3.05, 3.63) is 36.1 Å². The fraction of sp³-hybridized carbons (Fsp3) is 0.385. The van der Waals surface area contributed by atoms with Crippen LogP contribution < -0.4 is 5.32 Å². The Balaban J connectivity index is 2.22. The SMILES string of the molecule is CCNCC(CO)c1ccc2occc2c1. The Kier molecular flexibility index (Phi) is 3.59. The molecule has 0 bridgehead atoms. The van der Waals surface area contributed by atoms with Gasteiger partial charge in [-0.1, -0.05) is 13.0 Å². The van der Waals surface area contributed by atoms with Crippen molar-refractivity contribution in [3.8, 4) is 0 Å². The van der Waals surface area contributed by atoms with E-state index in [1.165, 1.54) is 0 Å². The molecule has 0 radical (unpaired) electrons. The minimum absolute atomic E-state index is 0.152. The molecule has 0 fully saturated rings. The quantitative estimate of drug-likeness (QED) is 0.809. The molecule has 3 nitrogen and oxygen atoms in total. The van der Waals surface area contributed by atoms with Gasteiger partial charge in [-0.25, -0.2) is 0 Å². The summed E-state index contributed by atoms with van der Waals surface area (Å²) >= 11 is 0. The molecule has 1 atom stereocenters. The molecule has 0 spiro atoms. The number of fused-ring (bicyclic) bond motifs is 1. The third-order valence-electron chi connectivity index (χ3n) is 2.81. The van der Waals surface area contributed by atoms with Crippen LogP contribution in [0.1, 0.15) is 18.4 Å². The van der Waals surface area contributed by atoms with Gasteiger partial charge in [0.25, 0.3) is 0 Å². The van der Waals surface area contributed by atoms with Crippen LogP contribution in [0.3, 0.4) is 0 Å². The van der Waals surface area contributed by atoms with Crippen molar-refractivity contribution in [1.29, 1.82) is 0 Å². The summed E-state index contributed by atoms with van der Waals surface area (Å²) in [5, 5.41) is 13.7. The summed E-state index contributed by atoms with van der Waals surface area (Å²) in [5.41, 5.74) is 2.04. The van der Waals surface area contributed by atoms with Gasteiger partial charge in [0.1, 0.15) is 5.58 Å². The minimum Gasteiger partial charge on any atom is -0.464 e. The number of nitrogens with one attached hydrogen (secondary N) is 1. The van der Waals surface area contributed by atoms with Crippen LogP contribution in [0.5, 0.6) is 0 Å². The highest BCUT2D eigenvalue weighted by Crippen LogP contribution is 2.22. The first-order valence-corrected chi connectivity index (χ1v) is 5.64. The molecule has 2 N–H and O–H groups in total. The highest BCUT2D eigenvalue weighted by atomic mass is 16.3. The van der Waals surface area contributed by atoms with Crippen LogP contribution in [0, 0.1) is 0 Å². The van der Waals surface area contributed by atoms with E-state index in [0.29, 0.717) is 0 Å². The number of furan rings is 1. The lowest BCUT2D eigenvalue weighted by atomic mass is 9.99. The highest BCUT2D eigenvalue weighted by molar-refractivity contribution is 5.77. The zero-order valence-electron chi connectivity index (χ0n) is 9.44. The smallest absolute Gasteiger partial charge is 0.133 e. The molecule has 0 aliphatic heterocycles. The molecule has 1 heterocycles. The molecule has 1 aromatic carbocycles. The first kappa shape index (κ1) is 11.2. The summed E-state index contributed by atoms with van der Waals surface area (Å²) in [4.78, 5) is 0. The van der Waals surface area contributed by atoms with Gasteiger partial charge in [0, 0.05) is 17.8 Å². The summed E-state index contributed by atoms with van der Waals surface area (Å²) in [5.74, 6) is 0.152. The lowest BCUT2D eigenvalue weighted by Crippen LogP contribution is -2.23. The lowest BCUT2D eigenvalue weighted by Gasteiger charge is -2.14. The number of aliphatic hydroxyl groups excluding tert-OH is 1. The Morgan fingerprint density at radius 2 is 2.25 bits per heavy atom. The zero-order valence-corrected chi connectivity index (χ0v) is 9.44. The summed E-state index contributed by atoms with van der Waals surface area (Å²) in [6, 6.07) is 8.00.